The molecule has 0 aliphatic carbocycles. The summed E-state index contributed by atoms with van der Waals surface area (Å²) in [6, 6.07) is 11.7. The number of carboxylic acid groups (broad SMARTS) is 1. The molecule has 264 valence electrons. The third-order valence-electron chi connectivity index (χ3n) is 8.54. The lowest BCUT2D eigenvalue weighted by atomic mass is 9.82. The first-order valence-corrected chi connectivity index (χ1v) is 16.2. The highest BCUT2D eigenvalue weighted by atomic mass is 19.1. The van der Waals surface area contributed by atoms with Crippen molar-refractivity contribution in [2.75, 3.05) is 51.0 Å². The number of nitriles is 1. The van der Waals surface area contributed by atoms with Gasteiger partial charge < -0.3 is 34.1 Å². The highest BCUT2D eigenvalue weighted by Crippen LogP contribution is 2.39. The van der Waals surface area contributed by atoms with Crippen LogP contribution in [0.2, 0.25) is 0 Å². The van der Waals surface area contributed by atoms with Crippen molar-refractivity contribution in [3.05, 3.63) is 69.9 Å². The molecule has 14 heteroatoms. The number of aliphatic carboxylic acids is 1. The number of hydrogen-bond acceptors (Lipinski definition) is 10. The van der Waals surface area contributed by atoms with E-state index in [-0.39, 0.29) is 69.3 Å². The molecule has 1 aliphatic rings. The number of carbonyl (C=O) groups excluding carboxylic acids is 1. The summed E-state index contributed by atoms with van der Waals surface area (Å²) in [7, 11) is 1.65. The summed E-state index contributed by atoms with van der Waals surface area (Å²) in [6.07, 6.45) is -0.471. The first-order chi connectivity index (χ1) is 23.2. The van der Waals surface area contributed by atoms with E-state index in [9.17, 15) is 29.1 Å². The second-order valence-corrected chi connectivity index (χ2v) is 13.2. The summed E-state index contributed by atoms with van der Waals surface area (Å²) < 4.78 is 32.1. The van der Waals surface area contributed by atoms with Crippen LogP contribution >= 0.6 is 0 Å². The Morgan fingerprint density at radius 3 is 2.35 bits per heavy atom. The molecule has 0 saturated carbocycles. The standard InChI is InChI=1S/C35H45FN6O7/c1-23-22-42(24(2)21-41(23)29-19-30(43)40(6)28-12-11-27(20-37)39-31(28)29)35(32(44)45,25-7-9-26(36)10-8-25)13-15-47-17-18-48-16-14-38-33(46)49-34(3,4)5/h7-12,19,23-24H,13-18,21-22H2,1-6H3,(H,38,46)(H,44,45)/t23-,24+,35?/m0/s1. The number of pyridine rings is 2. The molecule has 1 saturated heterocycles. The maximum Gasteiger partial charge on any atom is 0.407 e. The quantitative estimate of drug-likeness (QED) is 0.253. The van der Waals surface area contributed by atoms with E-state index in [0.717, 1.165) is 0 Å². The summed E-state index contributed by atoms with van der Waals surface area (Å²) in [5.74, 6) is -1.58. The van der Waals surface area contributed by atoms with Crippen LogP contribution in [0.3, 0.4) is 0 Å². The van der Waals surface area contributed by atoms with Crippen molar-refractivity contribution in [1.29, 1.82) is 5.26 Å². The van der Waals surface area contributed by atoms with Gasteiger partial charge >= 0.3 is 12.1 Å². The minimum Gasteiger partial charge on any atom is -0.480 e. The predicted octanol–water partition coefficient (Wildman–Crippen LogP) is 3.77. The van der Waals surface area contributed by atoms with Crippen LogP contribution in [0.5, 0.6) is 0 Å². The van der Waals surface area contributed by atoms with Gasteiger partial charge in [-0.2, -0.15) is 5.26 Å². The summed E-state index contributed by atoms with van der Waals surface area (Å²) in [4.78, 5) is 46.6. The van der Waals surface area contributed by atoms with E-state index in [1.807, 2.05) is 23.6 Å². The van der Waals surface area contributed by atoms with Gasteiger partial charge in [0.05, 0.1) is 31.0 Å². The second kappa shape index (κ2) is 15.8. The molecule has 1 unspecified atom stereocenters. The fraction of sp³-hybridized carbons (Fsp3) is 0.514. The van der Waals surface area contributed by atoms with Crippen LogP contribution in [-0.2, 0) is 31.6 Å². The van der Waals surface area contributed by atoms with E-state index in [1.54, 1.807) is 40.0 Å². The van der Waals surface area contributed by atoms with E-state index in [4.69, 9.17) is 14.2 Å². The summed E-state index contributed by atoms with van der Waals surface area (Å²) in [6.45, 7) is 10.8. The number of rotatable bonds is 13. The average molecular weight is 681 g/mol. The molecule has 49 heavy (non-hydrogen) atoms. The molecule has 4 rings (SSSR count). The molecular formula is C35H45FN6O7. The fourth-order valence-corrected chi connectivity index (χ4v) is 6.20. The van der Waals surface area contributed by atoms with Gasteiger partial charge in [-0.15, -0.1) is 0 Å². The molecule has 1 aliphatic heterocycles. The molecule has 1 aromatic carbocycles. The number of hydrogen-bond donors (Lipinski definition) is 2. The monoisotopic (exact) mass is 680 g/mol. The van der Waals surface area contributed by atoms with Crippen LogP contribution in [0.15, 0.2) is 47.3 Å². The Labute approximate surface area is 285 Å². The zero-order valence-corrected chi connectivity index (χ0v) is 28.9. The number of carbonyl (C=O) groups is 2. The second-order valence-electron chi connectivity index (χ2n) is 13.2. The van der Waals surface area contributed by atoms with Crippen molar-refractivity contribution in [3.8, 4) is 6.07 Å². The van der Waals surface area contributed by atoms with Crippen molar-refractivity contribution >= 4 is 28.8 Å². The van der Waals surface area contributed by atoms with Crippen LogP contribution in [0.1, 0.15) is 52.3 Å². The Balaban J connectivity index is 1.50. The number of halogens is 1. The normalized spacial score (nSPS) is 18.1. The average Bonchev–Trinajstić information content (AvgIpc) is 3.04. The van der Waals surface area contributed by atoms with E-state index in [2.05, 4.69) is 16.4 Å². The SMILES string of the molecule is C[C@@H]1CN(c2cc(=O)n(C)c3ccc(C#N)nc23)[C@@H](C)CN1C(CCOCCOCCNC(=O)OC(C)(C)C)(C(=O)O)c1ccc(F)cc1. The molecule has 1 amide bonds. The van der Waals surface area contributed by atoms with Gasteiger partial charge in [-0.3, -0.25) is 9.69 Å². The first-order valence-electron chi connectivity index (χ1n) is 16.2. The number of alkyl carbamates (subject to hydrolysis) is 1. The van der Waals surface area contributed by atoms with Gasteiger partial charge in [0, 0.05) is 57.9 Å². The van der Waals surface area contributed by atoms with Gasteiger partial charge in [-0.1, -0.05) is 12.1 Å². The molecule has 0 spiro atoms. The number of nitrogens with one attached hydrogen (secondary N) is 1. The van der Waals surface area contributed by atoms with Crippen LogP contribution in [-0.4, -0.2) is 95.4 Å². The third kappa shape index (κ3) is 8.72. The van der Waals surface area contributed by atoms with Crippen molar-refractivity contribution in [2.24, 2.45) is 7.05 Å². The van der Waals surface area contributed by atoms with Crippen LogP contribution in [0.25, 0.3) is 11.0 Å². The summed E-state index contributed by atoms with van der Waals surface area (Å²) >= 11 is 0. The van der Waals surface area contributed by atoms with Crippen LogP contribution in [0, 0.1) is 17.1 Å². The van der Waals surface area contributed by atoms with Crippen molar-refractivity contribution in [3.63, 3.8) is 0 Å². The van der Waals surface area contributed by atoms with Crippen molar-refractivity contribution < 1.29 is 33.3 Å². The molecule has 3 heterocycles. The molecule has 2 aromatic heterocycles. The Hall–Kier alpha value is -4.58. The lowest BCUT2D eigenvalue weighted by Gasteiger charge is -2.52. The molecule has 3 aromatic rings. The number of anilines is 1. The van der Waals surface area contributed by atoms with Gasteiger partial charge in [-0.25, -0.2) is 19.0 Å². The number of piperazine rings is 1. The predicted molar refractivity (Wildman–Crippen MR) is 181 cm³/mol. The van der Waals surface area contributed by atoms with E-state index in [1.165, 1.54) is 34.9 Å². The lowest BCUT2D eigenvalue weighted by Crippen LogP contribution is -2.65. The molecule has 1 fully saturated rings. The fourth-order valence-electron chi connectivity index (χ4n) is 6.20. The first kappa shape index (κ1) is 37.2. The molecule has 13 nitrogen and oxygen atoms in total. The third-order valence-corrected chi connectivity index (χ3v) is 8.54. The van der Waals surface area contributed by atoms with E-state index < -0.39 is 29.0 Å². The number of carboxylic acids is 1. The number of ether oxygens (including phenoxy) is 3. The number of amides is 1. The number of fused-ring (bicyclic) bond motifs is 1. The Morgan fingerprint density at radius 1 is 1.04 bits per heavy atom. The number of nitrogens with zero attached hydrogens (tertiary/aromatic N) is 5. The molecule has 0 radical (unpaired) electrons. The van der Waals surface area contributed by atoms with Gasteiger partial charge in [0.1, 0.15) is 34.2 Å². The minimum absolute atomic E-state index is 0.0626. The van der Waals surface area contributed by atoms with Crippen molar-refractivity contribution in [1.82, 2.24) is 19.8 Å². The number of benzene rings is 1. The Kier molecular flexibility index (Phi) is 12.0. The minimum atomic E-state index is -1.56. The largest absolute Gasteiger partial charge is 0.480 e. The zero-order chi connectivity index (χ0) is 35.9. The molecule has 3 atom stereocenters. The van der Waals surface area contributed by atoms with Crippen LogP contribution in [0.4, 0.5) is 14.9 Å². The summed E-state index contributed by atoms with van der Waals surface area (Å²) in [5, 5.41) is 23.0. The van der Waals surface area contributed by atoms with E-state index in [0.29, 0.717) is 28.8 Å². The maximum absolute atomic E-state index is 14.0. The van der Waals surface area contributed by atoms with Gasteiger partial charge in [0.15, 0.2) is 0 Å². The van der Waals surface area contributed by atoms with Crippen molar-refractivity contribution in [2.45, 2.75) is 64.3 Å². The maximum atomic E-state index is 14.0. The highest BCUT2D eigenvalue weighted by molar-refractivity contribution is 5.89. The summed E-state index contributed by atoms with van der Waals surface area (Å²) in [5.41, 5.74) is -0.101. The number of aromatic nitrogens is 2. The zero-order valence-electron chi connectivity index (χ0n) is 28.9. The van der Waals surface area contributed by atoms with Gasteiger partial charge in [-0.05, 0) is 64.4 Å². The highest BCUT2D eigenvalue weighted by Gasteiger charge is 2.50. The topological polar surface area (TPSA) is 159 Å². The smallest absolute Gasteiger partial charge is 0.407 e. The van der Waals surface area contributed by atoms with E-state index >= 15 is 0 Å². The Morgan fingerprint density at radius 2 is 1.71 bits per heavy atom. The van der Waals surface area contributed by atoms with Gasteiger partial charge in [0.25, 0.3) is 5.56 Å². The molecule has 0 bridgehead atoms. The lowest BCUT2D eigenvalue weighted by molar-refractivity contribution is -0.157. The Bertz CT molecular complexity index is 1740. The molecular weight excluding hydrogens is 635 g/mol. The number of aryl methyl sites for hydroxylation is 1. The van der Waals surface area contributed by atoms with Gasteiger partial charge in [0.2, 0.25) is 0 Å². The van der Waals surface area contributed by atoms with Crippen LogP contribution < -0.4 is 15.8 Å². The molecule has 2 N–H and O–H groups in total.